The molecular formula is C10H10F2O3S. The predicted octanol–water partition coefficient (Wildman–Crippen LogP) is 1.50. The monoisotopic (exact) mass is 248 g/mol. The molecule has 0 aliphatic rings. The molecule has 0 saturated heterocycles. The summed E-state index contributed by atoms with van der Waals surface area (Å²) >= 11 is 0. The van der Waals surface area contributed by atoms with Gasteiger partial charge in [0.2, 0.25) is 0 Å². The molecule has 1 aromatic carbocycles. The molecule has 0 atom stereocenters. The van der Waals surface area contributed by atoms with Gasteiger partial charge in [-0.1, -0.05) is 0 Å². The van der Waals surface area contributed by atoms with Crippen LogP contribution < -0.4 is 0 Å². The number of halogens is 2. The summed E-state index contributed by atoms with van der Waals surface area (Å²) in [4.78, 5) is 11.4. The van der Waals surface area contributed by atoms with Crippen LogP contribution in [0.25, 0.3) is 0 Å². The van der Waals surface area contributed by atoms with Crippen molar-refractivity contribution >= 4 is 15.6 Å². The van der Waals surface area contributed by atoms with E-state index in [2.05, 4.69) is 0 Å². The van der Waals surface area contributed by atoms with Crippen molar-refractivity contribution in [2.24, 2.45) is 0 Å². The van der Waals surface area contributed by atoms with Crippen LogP contribution in [0.15, 0.2) is 12.1 Å². The van der Waals surface area contributed by atoms with Gasteiger partial charge in [-0.3, -0.25) is 4.79 Å². The number of rotatable bonds is 3. The van der Waals surface area contributed by atoms with Gasteiger partial charge in [-0.05, 0) is 18.6 Å². The number of sulfone groups is 1. The van der Waals surface area contributed by atoms with Crippen LogP contribution in [-0.2, 0) is 9.84 Å². The van der Waals surface area contributed by atoms with Crippen molar-refractivity contribution in [3.63, 3.8) is 0 Å². The van der Waals surface area contributed by atoms with E-state index in [-0.39, 0.29) is 5.56 Å². The van der Waals surface area contributed by atoms with E-state index in [0.29, 0.717) is 6.07 Å². The van der Waals surface area contributed by atoms with Gasteiger partial charge in [0.1, 0.15) is 17.4 Å². The maximum Gasteiger partial charge on any atom is 0.180 e. The number of hydrogen-bond donors (Lipinski definition) is 0. The standard InChI is InChI=1S/C10H10F2O3S/c1-6-3-7(9(12)4-8(6)11)10(13)5-16(2,14)15/h3-4H,5H2,1-2H3. The number of benzene rings is 1. The molecule has 0 heterocycles. The Hall–Kier alpha value is -1.30. The van der Waals surface area contributed by atoms with E-state index >= 15 is 0 Å². The lowest BCUT2D eigenvalue weighted by Gasteiger charge is -2.04. The Labute approximate surface area is 92.0 Å². The zero-order valence-electron chi connectivity index (χ0n) is 8.75. The van der Waals surface area contributed by atoms with Crippen LogP contribution in [0, 0.1) is 18.6 Å². The molecule has 16 heavy (non-hydrogen) atoms. The molecular weight excluding hydrogens is 238 g/mol. The maximum atomic E-state index is 13.2. The second-order valence-corrected chi connectivity index (χ2v) is 5.71. The van der Waals surface area contributed by atoms with Gasteiger partial charge in [-0.2, -0.15) is 0 Å². The summed E-state index contributed by atoms with van der Waals surface area (Å²) in [5.74, 6) is -3.47. The minimum Gasteiger partial charge on any atom is -0.293 e. The summed E-state index contributed by atoms with van der Waals surface area (Å²) in [6.07, 6.45) is 0.874. The van der Waals surface area contributed by atoms with Crippen molar-refractivity contribution in [3.05, 3.63) is 34.9 Å². The third-order valence-corrected chi connectivity index (χ3v) is 2.73. The molecule has 0 spiro atoms. The van der Waals surface area contributed by atoms with E-state index < -0.39 is 38.6 Å². The van der Waals surface area contributed by atoms with Gasteiger partial charge < -0.3 is 0 Å². The van der Waals surface area contributed by atoms with E-state index in [4.69, 9.17) is 0 Å². The van der Waals surface area contributed by atoms with Crippen LogP contribution in [0.1, 0.15) is 15.9 Å². The van der Waals surface area contributed by atoms with Crippen LogP contribution in [0.4, 0.5) is 8.78 Å². The summed E-state index contributed by atoms with van der Waals surface area (Å²) in [5, 5.41) is 0. The SMILES string of the molecule is Cc1cc(C(=O)CS(C)(=O)=O)c(F)cc1F. The third kappa shape index (κ3) is 3.10. The van der Waals surface area contributed by atoms with E-state index in [1.54, 1.807) is 0 Å². The van der Waals surface area contributed by atoms with Crippen molar-refractivity contribution in [1.82, 2.24) is 0 Å². The largest absolute Gasteiger partial charge is 0.293 e. The summed E-state index contributed by atoms with van der Waals surface area (Å²) in [6, 6.07) is 1.59. The average molecular weight is 248 g/mol. The smallest absolute Gasteiger partial charge is 0.180 e. The predicted molar refractivity (Wildman–Crippen MR) is 55.1 cm³/mol. The van der Waals surface area contributed by atoms with Gasteiger partial charge in [0.25, 0.3) is 0 Å². The highest BCUT2D eigenvalue weighted by Crippen LogP contribution is 2.15. The van der Waals surface area contributed by atoms with Crippen LogP contribution >= 0.6 is 0 Å². The lowest BCUT2D eigenvalue weighted by Crippen LogP contribution is -2.16. The molecule has 1 rings (SSSR count). The molecule has 0 fully saturated rings. The average Bonchev–Trinajstić information content (AvgIpc) is 2.08. The van der Waals surface area contributed by atoms with Gasteiger partial charge in [-0.25, -0.2) is 17.2 Å². The first kappa shape index (κ1) is 12.8. The summed E-state index contributed by atoms with van der Waals surface area (Å²) in [6.45, 7) is 1.37. The fourth-order valence-electron chi connectivity index (χ4n) is 1.19. The van der Waals surface area contributed by atoms with Gasteiger partial charge in [0.05, 0.1) is 5.56 Å². The van der Waals surface area contributed by atoms with Crippen molar-refractivity contribution in [2.75, 3.05) is 12.0 Å². The normalized spacial score (nSPS) is 11.5. The molecule has 0 amide bonds. The Morgan fingerprint density at radius 2 is 1.81 bits per heavy atom. The van der Waals surface area contributed by atoms with E-state index in [1.165, 1.54) is 6.92 Å². The lowest BCUT2D eigenvalue weighted by molar-refractivity contribution is 0.101. The summed E-state index contributed by atoms with van der Waals surface area (Å²) in [5.41, 5.74) is -0.303. The van der Waals surface area contributed by atoms with Gasteiger partial charge in [0, 0.05) is 12.3 Å². The van der Waals surface area contributed by atoms with Gasteiger partial charge >= 0.3 is 0 Å². The number of carbonyl (C=O) groups excluding carboxylic acids is 1. The number of hydrogen-bond acceptors (Lipinski definition) is 3. The number of carbonyl (C=O) groups is 1. The highest BCUT2D eigenvalue weighted by atomic mass is 32.2. The second-order valence-electron chi connectivity index (χ2n) is 3.57. The van der Waals surface area contributed by atoms with Crippen molar-refractivity contribution in [3.8, 4) is 0 Å². The van der Waals surface area contributed by atoms with Crippen molar-refractivity contribution < 1.29 is 22.0 Å². The van der Waals surface area contributed by atoms with Crippen molar-refractivity contribution in [1.29, 1.82) is 0 Å². The van der Waals surface area contributed by atoms with Crippen LogP contribution in [-0.4, -0.2) is 26.2 Å². The first-order valence-corrected chi connectivity index (χ1v) is 6.43. The Bertz CT molecular complexity index is 535. The maximum absolute atomic E-state index is 13.2. The fourth-order valence-corrected chi connectivity index (χ4v) is 1.82. The lowest BCUT2D eigenvalue weighted by atomic mass is 10.1. The van der Waals surface area contributed by atoms with Gasteiger partial charge in [0.15, 0.2) is 15.6 Å². The summed E-state index contributed by atoms with van der Waals surface area (Å²) < 4.78 is 47.8. The Morgan fingerprint density at radius 3 is 2.31 bits per heavy atom. The Kier molecular flexibility index (Phi) is 3.42. The van der Waals surface area contributed by atoms with E-state index in [0.717, 1.165) is 12.3 Å². The molecule has 3 nitrogen and oxygen atoms in total. The molecule has 0 aliphatic heterocycles. The quantitative estimate of drug-likeness (QED) is 0.762. The molecule has 0 N–H and O–H groups in total. The van der Waals surface area contributed by atoms with Crippen LogP contribution in [0.5, 0.6) is 0 Å². The zero-order valence-corrected chi connectivity index (χ0v) is 9.57. The number of ketones is 1. The van der Waals surface area contributed by atoms with Crippen LogP contribution in [0.3, 0.4) is 0 Å². The molecule has 6 heteroatoms. The Morgan fingerprint density at radius 1 is 1.25 bits per heavy atom. The van der Waals surface area contributed by atoms with E-state index in [1.807, 2.05) is 0 Å². The Balaban J connectivity index is 3.15. The highest BCUT2D eigenvalue weighted by Gasteiger charge is 2.18. The first-order valence-electron chi connectivity index (χ1n) is 4.37. The zero-order chi connectivity index (χ0) is 12.5. The molecule has 1 aromatic rings. The minimum absolute atomic E-state index is 0.0956. The summed E-state index contributed by atoms with van der Waals surface area (Å²) in [7, 11) is -3.52. The molecule has 88 valence electrons. The molecule has 0 radical (unpaired) electrons. The number of aryl methyl sites for hydroxylation is 1. The molecule has 0 aliphatic carbocycles. The highest BCUT2D eigenvalue weighted by molar-refractivity contribution is 7.91. The second kappa shape index (κ2) is 4.29. The fraction of sp³-hybridized carbons (Fsp3) is 0.300. The van der Waals surface area contributed by atoms with Crippen molar-refractivity contribution in [2.45, 2.75) is 6.92 Å². The molecule has 0 aromatic heterocycles. The first-order chi connectivity index (χ1) is 7.20. The molecule has 0 unspecified atom stereocenters. The topological polar surface area (TPSA) is 51.2 Å². The number of Topliss-reactive ketones (excluding diaryl/α,β-unsaturated/α-hetero) is 1. The van der Waals surface area contributed by atoms with E-state index in [9.17, 15) is 22.0 Å². The minimum atomic E-state index is -3.52. The third-order valence-electron chi connectivity index (χ3n) is 1.94. The molecule has 0 saturated carbocycles. The molecule has 0 bridgehead atoms. The van der Waals surface area contributed by atoms with Gasteiger partial charge in [-0.15, -0.1) is 0 Å². The van der Waals surface area contributed by atoms with Crippen LogP contribution in [0.2, 0.25) is 0 Å².